The van der Waals surface area contributed by atoms with Crippen molar-refractivity contribution < 1.29 is 0 Å². The van der Waals surface area contributed by atoms with E-state index in [4.69, 9.17) is 11.0 Å². The Hall–Kier alpha value is -0.590. The minimum atomic E-state index is -0.696. The Kier molecular flexibility index (Phi) is 6.55. The third-order valence-corrected chi connectivity index (χ3v) is 2.84. The van der Waals surface area contributed by atoms with Crippen molar-refractivity contribution in [1.29, 1.82) is 5.26 Å². The monoisotopic (exact) mass is 211 g/mol. The van der Waals surface area contributed by atoms with Gasteiger partial charge in [-0.3, -0.25) is 0 Å². The molecule has 0 saturated heterocycles. The topological polar surface area (TPSA) is 53.0 Å². The number of rotatable bonds is 7. The van der Waals surface area contributed by atoms with Gasteiger partial charge < -0.3 is 10.6 Å². The van der Waals surface area contributed by atoms with E-state index in [9.17, 15) is 0 Å². The molecule has 0 aliphatic carbocycles. The zero-order valence-electron chi connectivity index (χ0n) is 10.6. The van der Waals surface area contributed by atoms with E-state index in [0.29, 0.717) is 6.04 Å². The van der Waals surface area contributed by atoms with E-state index >= 15 is 0 Å². The molecule has 0 saturated carbocycles. The molecule has 2 N–H and O–H groups in total. The molecule has 0 aromatic heterocycles. The van der Waals surface area contributed by atoms with Crippen LogP contribution in [0.4, 0.5) is 0 Å². The molecule has 0 aliphatic heterocycles. The van der Waals surface area contributed by atoms with E-state index < -0.39 is 5.54 Å². The first-order chi connectivity index (χ1) is 6.93. The Morgan fingerprint density at radius 2 is 2.07 bits per heavy atom. The van der Waals surface area contributed by atoms with Gasteiger partial charge in [-0.15, -0.1) is 0 Å². The van der Waals surface area contributed by atoms with Crippen molar-refractivity contribution in [2.24, 2.45) is 5.73 Å². The lowest BCUT2D eigenvalue weighted by atomic mass is 9.96. The minimum absolute atomic E-state index is 0.372. The van der Waals surface area contributed by atoms with Gasteiger partial charge in [-0.05, 0) is 40.3 Å². The Labute approximate surface area is 94.2 Å². The predicted octanol–water partition coefficient (Wildman–Crippen LogP) is 2.13. The molecule has 0 heterocycles. The molecule has 0 bridgehead atoms. The maximum Gasteiger partial charge on any atom is 0.102 e. The van der Waals surface area contributed by atoms with Gasteiger partial charge in [-0.2, -0.15) is 5.26 Å². The van der Waals surface area contributed by atoms with Crippen LogP contribution in [-0.2, 0) is 0 Å². The van der Waals surface area contributed by atoms with Crippen molar-refractivity contribution in [3.05, 3.63) is 0 Å². The molecule has 0 radical (unpaired) electrons. The number of hydrogen-bond acceptors (Lipinski definition) is 3. The molecule has 0 rings (SSSR count). The molecule has 0 spiro atoms. The van der Waals surface area contributed by atoms with Crippen molar-refractivity contribution >= 4 is 0 Å². The van der Waals surface area contributed by atoms with Crippen molar-refractivity contribution in [3.8, 4) is 6.07 Å². The molecule has 2 atom stereocenters. The molecular weight excluding hydrogens is 186 g/mol. The fraction of sp³-hybridized carbons (Fsp3) is 0.917. The molecule has 0 aromatic rings. The van der Waals surface area contributed by atoms with Crippen LogP contribution in [0.25, 0.3) is 0 Å². The van der Waals surface area contributed by atoms with Crippen molar-refractivity contribution in [1.82, 2.24) is 4.90 Å². The van der Waals surface area contributed by atoms with E-state index in [1.54, 1.807) is 6.92 Å². The first kappa shape index (κ1) is 14.4. The van der Waals surface area contributed by atoms with Crippen molar-refractivity contribution in [2.45, 2.75) is 58.0 Å². The van der Waals surface area contributed by atoms with E-state index in [1.807, 2.05) is 0 Å². The summed E-state index contributed by atoms with van der Waals surface area (Å²) in [4.78, 5) is 2.29. The normalized spacial score (nSPS) is 17.1. The van der Waals surface area contributed by atoms with Gasteiger partial charge in [0.2, 0.25) is 0 Å². The first-order valence-electron chi connectivity index (χ1n) is 5.83. The van der Waals surface area contributed by atoms with Gasteiger partial charge in [0.25, 0.3) is 0 Å². The van der Waals surface area contributed by atoms with Crippen LogP contribution >= 0.6 is 0 Å². The van der Waals surface area contributed by atoms with Crippen molar-refractivity contribution in [3.63, 3.8) is 0 Å². The Morgan fingerprint density at radius 1 is 1.47 bits per heavy atom. The molecule has 0 fully saturated rings. The van der Waals surface area contributed by atoms with Gasteiger partial charge >= 0.3 is 0 Å². The summed E-state index contributed by atoms with van der Waals surface area (Å²) in [7, 11) is 2.10. The highest BCUT2D eigenvalue weighted by Gasteiger charge is 2.22. The molecule has 3 heteroatoms. The second-order valence-corrected chi connectivity index (χ2v) is 4.77. The van der Waals surface area contributed by atoms with Gasteiger partial charge in [0, 0.05) is 6.04 Å². The summed E-state index contributed by atoms with van der Waals surface area (Å²) in [6, 6.07) is 2.52. The van der Waals surface area contributed by atoms with E-state index in [2.05, 4.69) is 31.9 Å². The average molecular weight is 211 g/mol. The highest BCUT2D eigenvalue weighted by molar-refractivity contribution is 5.02. The van der Waals surface area contributed by atoms with Gasteiger partial charge in [0.15, 0.2) is 0 Å². The van der Waals surface area contributed by atoms with Crippen LogP contribution in [0, 0.1) is 11.3 Å². The lowest BCUT2D eigenvalue weighted by molar-refractivity contribution is 0.222. The zero-order valence-corrected chi connectivity index (χ0v) is 10.6. The summed E-state index contributed by atoms with van der Waals surface area (Å²) in [6.07, 6.45) is 4.47. The van der Waals surface area contributed by atoms with Crippen LogP contribution in [0.3, 0.4) is 0 Å². The first-order valence-corrected chi connectivity index (χ1v) is 5.83. The Morgan fingerprint density at radius 3 is 2.53 bits per heavy atom. The molecule has 0 aliphatic rings. The molecule has 88 valence electrons. The predicted molar refractivity (Wildman–Crippen MR) is 64.4 cm³/mol. The third kappa shape index (κ3) is 6.48. The zero-order chi connectivity index (χ0) is 11.9. The van der Waals surface area contributed by atoms with E-state index in [1.165, 1.54) is 19.3 Å². The van der Waals surface area contributed by atoms with Crippen LogP contribution in [0.1, 0.15) is 46.5 Å². The molecular formula is C12H25N3. The molecule has 3 nitrogen and oxygen atoms in total. The quantitative estimate of drug-likeness (QED) is 0.656. The molecule has 0 amide bonds. The van der Waals surface area contributed by atoms with Gasteiger partial charge in [-0.25, -0.2) is 0 Å². The number of nitrogens with zero attached hydrogens (tertiary/aromatic N) is 2. The lowest BCUT2D eigenvalue weighted by Gasteiger charge is -2.28. The van der Waals surface area contributed by atoms with Crippen LogP contribution in [0.15, 0.2) is 0 Å². The Bertz CT molecular complexity index is 205. The number of nitrogens with two attached hydrogens (primary N) is 1. The van der Waals surface area contributed by atoms with Crippen molar-refractivity contribution in [2.75, 3.05) is 13.6 Å². The number of hydrogen-bond donors (Lipinski definition) is 1. The second-order valence-electron chi connectivity index (χ2n) is 4.77. The summed E-state index contributed by atoms with van der Waals surface area (Å²) in [6.45, 7) is 7.23. The fourth-order valence-corrected chi connectivity index (χ4v) is 1.65. The Balaban J connectivity index is 3.89. The maximum atomic E-state index is 8.85. The summed E-state index contributed by atoms with van der Waals surface area (Å²) < 4.78 is 0. The molecule has 15 heavy (non-hydrogen) atoms. The highest BCUT2D eigenvalue weighted by atomic mass is 15.1. The standard InChI is InChI=1S/C12H25N3/c1-5-6-7-8-15(4)11(2)9-12(3,14)10-13/h11H,5-9,14H2,1-4H3. The number of unbranched alkanes of at least 4 members (excludes halogenated alkanes) is 2. The summed E-state index contributed by atoms with van der Waals surface area (Å²) in [5.41, 5.74) is 5.13. The SMILES string of the molecule is CCCCCN(C)C(C)CC(C)(N)C#N. The van der Waals surface area contributed by atoms with E-state index in [0.717, 1.165) is 13.0 Å². The maximum absolute atomic E-state index is 8.85. The van der Waals surface area contributed by atoms with E-state index in [-0.39, 0.29) is 0 Å². The van der Waals surface area contributed by atoms with Crippen LogP contribution < -0.4 is 5.73 Å². The average Bonchev–Trinajstić information content (AvgIpc) is 2.17. The minimum Gasteiger partial charge on any atom is -0.314 e. The van der Waals surface area contributed by atoms with Crippen LogP contribution in [-0.4, -0.2) is 30.1 Å². The third-order valence-electron chi connectivity index (χ3n) is 2.84. The van der Waals surface area contributed by atoms with Crippen LogP contribution in [0.2, 0.25) is 0 Å². The molecule has 2 unspecified atom stereocenters. The van der Waals surface area contributed by atoms with Gasteiger partial charge in [-0.1, -0.05) is 19.8 Å². The summed E-state index contributed by atoms with van der Waals surface area (Å²) in [5.74, 6) is 0. The van der Waals surface area contributed by atoms with Crippen LogP contribution in [0.5, 0.6) is 0 Å². The summed E-state index contributed by atoms with van der Waals surface area (Å²) >= 11 is 0. The number of nitriles is 1. The second kappa shape index (κ2) is 6.81. The smallest absolute Gasteiger partial charge is 0.102 e. The fourth-order valence-electron chi connectivity index (χ4n) is 1.65. The van der Waals surface area contributed by atoms with Gasteiger partial charge in [0.05, 0.1) is 6.07 Å². The molecule has 0 aromatic carbocycles. The summed E-state index contributed by atoms with van der Waals surface area (Å²) in [5, 5.41) is 8.85. The largest absolute Gasteiger partial charge is 0.314 e. The highest BCUT2D eigenvalue weighted by Crippen LogP contribution is 2.12. The lowest BCUT2D eigenvalue weighted by Crippen LogP contribution is -2.42. The van der Waals surface area contributed by atoms with Gasteiger partial charge in [0.1, 0.15) is 5.54 Å².